The van der Waals surface area contributed by atoms with Gasteiger partial charge in [-0.2, -0.15) is 4.68 Å². The fraction of sp³-hybridized carbons (Fsp3) is 0.467. The van der Waals surface area contributed by atoms with Gasteiger partial charge in [0.2, 0.25) is 0 Å². The van der Waals surface area contributed by atoms with Crippen LogP contribution in [0.4, 0.5) is 4.79 Å². The van der Waals surface area contributed by atoms with Gasteiger partial charge in [0.25, 0.3) is 0 Å². The molecular weight excluding hydrogens is 353 g/mol. The molecule has 7 nitrogen and oxygen atoms in total. The van der Waals surface area contributed by atoms with Gasteiger partial charge in [0, 0.05) is 13.1 Å². The van der Waals surface area contributed by atoms with Crippen LogP contribution in [0.3, 0.4) is 0 Å². The predicted octanol–water partition coefficient (Wildman–Crippen LogP) is 2.97. The highest BCUT2D eigenvalue weighted by Crippen LogP contribution is 2.26. The molecule has 1 aliphatic rings. The van der Waals surface area contributed by atoms with E-state index in [1.807, 2.05) is 0 Å². The molecule has 3 rings (SSSR count). The van der Waals surface area contributed by atoms with E-state index in [9.17, 15) is 9.59 Å². The summed E-state index contributed by atoms with van der Waals surface area (Å²) in [6.07, 6.45) is 5.21. The molecule has 1 saturated carbocycles. The first-order valence-corrected chi connectivity index (χ1v) is 8.53. The van der Waals surface area contributed by atoms with Crippen LogP contribution in [0.1, 0.15) is 32.1 Å². The number of benzene rings is 1. The molecule has 0 N–H and O–H groups in total. The molecule has 9 heteroatoms. The SMILES string of the molecule is CN(C(=O)n1nnn(-c2c(Cl)cccc2Cl)c1=O)C1CCCCC1. The van der Waals surface area contributed by atoms with Gasteiger partial charge in [-0.25, -0.2) is 9.59 Å². The molecule has 0 bridgehead atoms. The number of rotatable bonds is 2. The molecule has 0 atom stereocenters. The van der Waals surface area contributed by atoms with Crippen LogP contribution in [0, 0.1) is 0 Å². The summed E-state index contributed by atoms with van der Waals surface area (Å²) in [4.78, 5) is 26.7. The molecule has 1 aromatic heterocycles. The number of tetrazole rings is 1. The number of para-hydroxylation sites is 1. The molecule has 1 heterocycles. The fourth-order valence-electron chi connectivity index (χ4n) is 2.97. The predicted molar refractivity (Wildman–Crippen MR) is 91.1 cm³/mol. The summed E-state index contributed by atoms with van der Waals surface area (Å²) in [5.74, 6) is 0. The van der Waals surface area contributed by atoms with Gasteiger partial charge in [-0.05, 0) is 35.4 Å². The molecule has 1 aliphatic carbocycles. The summed E-state index contributed by atoms with van der Waals surface area (Å²) in [5, 5.41) is 7.96. The molecule has 1 aromatic carbocycles. The maximum absolute atomic E-state index is 12.6. The Morgan fingerprint density at radius 1 is 1.17 bits per heavy atom. The summed E-state index contributed by atoms with van der Waals surface area (Å²) >= 11 is 12.2. The van der Waals surface area contributed by atoms with E-state index in [4.69, 9.17) is 23.2 Å². The highest BCUT2D eigenvalue weighted by Gasteiger charge is 2.26. The lowest BCUT2D eigenvalue weighted by atomic mass is 9.95. The maximum Gasteiger partial charge on any atom is 0.377 e. The smallest absolute Gasteiger partial charge is 0.323 e. The van der Waals surface area contributed by atoms with E-state index in [-0.39, 0.29) is 21.8 Å². The average molecular weight is 370 g/mol. The molecule has 0 radical (unpaired) electrons. The first kappa shape index (κ1) is 17.0. The zero-order chi connectivity index (χ0) is 17.3. The second-order valence-electron chi connectivity index (χ2n) is 5.84. The second-order valence-corrected chi connectivity index (χ2v) is 6.66. The Balaban J connectivity index is 1.92. The Hall–Kier alpha value is -1.86. The molecule has 0 saturated heterocycles. The summed E-state index contributed by atoms with van der Waals surface area (Å²) in [5.41, 5.74) is -0.483. The number of halogens is 2. The molecule has 0 unspecified atom stereocenters. The van der Waals surface area contributed by atoms with Crippen molar-refractivity contribution in [1.29, 1.82) is 0 Å². The zero-order valence-electron chi connectivity index (χ0n) is 13.2. The normalized spacial score (nSPS) is 15.5. The van der Waals surface area contributed by atoms with Crippen LogP contribution in [-0.4, -0.2) is 43.8 Å². The van der Waals surface area contributed by atoms with Crippen LogP contribution in [-0.2, 0) is 0 Å². The number of nitrogens with zero attached hydrogens (tertiary/aromatic N) is 5. The molecule has 0 aliphatic heterocycles. The number of amides is 1. The molecule has 0 spiro atoms. The first-order valence-electron chi connectivity index (χ1n) is 7.77. The molecule has 128 valence electrons. The Kier molecular flexibility index (Phi) is 4.91. The Morgan fingerprint density at radius 2 is 1.79 bits per heavy atom. The number of hydrogen-bond donors (Lipinski definition) is 0. The fourth-order valence-corrected chi connectivity index (χ4v) is 3.53. The standard InChI is InChI=1S/C15H17Cl2N5O2/c1-20(10-6-3-2-4-7-10)14(23)22-15(24)21(18-19-22)13-11(16)8-5-9-12(13)17/h5,8-10H,2-4,6-7H2,1H3. The Labute approximate surface area is 148 Å². The van der Waals surface area contributed by atoms with Gasteiger partial charge in [0.1, 0.15) is 5.69 Å². The zero-order valence-corrected chi connectivity index (χ0v) is 14.7. The van der Waals surface area contributed by atoms with Crippen molar-refractivity contribution in [1.82, 2.24) is 24.7 Å². The summed E-state index contributed by atoms with van der Waals surface area (Å²) in [6.45, 7) is 0. The van der Waals surface area contributed by atoms with Crippen LogP contribution in [0.25, 0.3) is 5.69 Å². The lowest BCUT2D eigenvalue weighted by Gasteiger charge is -2.30. The van der Waals surface area contributed by atoms with Crippen molar-refractivity contribution in [3.8, 4) is 5.69 Å². The van der Waals surface area contributed by atoms with E-state index < -0.39 is 11.7 Å². The molecule has 2 aromatic rings. The lowest BCUT2D eigenvalue weighted by molar-refractivity contribution is 0.171. The Morgan fingerprint density at radius 3 is 2.42 bits per heavy atom. The van der Waals surface area contributed by atoms with Crippen LogP contribution in [0.5, 0.6) is 0 Å². The van der Waals surface area contributed by atoms with E-state index >= 15 is 0 Å². The van der Waals surface area contributed by atoms with E-state index in [1.54, 1.807) is 30.1 Å². The van der Waals surface area contributed by atoms with Crippen molar-refractivity contribution in [2.45, 2.75) is 38.1 Å². The summed E-state index contributed by atoms with van der Waals surface area (Å²) in [7, 11) is 1.69. The topological polar surface area (TPSA) is 73.0 Å². The third kappa shape index (κ3) is 3.06. The van der Waals surface area contributed by atoms with E-state index in [0.29, 0.717) is 0 Å². The van der Waals surface area contributed by atoms with Crippen LogP contribution in [0.2, 0.25) is 10.0 Å². The van der Waals surface area contributed by atoms with Crippen molar-refractivity contribution in [2.75, 3.05) is 7.05 Å². The van der Waals surface area contributed by atoms with Gasteiger partial charge in [0.15, 0.2) is 0 Å². The highest BCUT2D eigenvalue weighted by molar-refractivity contribution is 6.37. The third-order valence-corrected chi connectivity index (χ3v) is 4.95. The van der Waals surface area contributed by atoms with E-state index in [0.717, 1.165) is 35.0 Å². The van der Waals surface area contributed by atoms with Gasteiger partial charge in [0.05, 0.1) is 10.0 Å². The van der Waals surface area contributed by atoms with Gasteiger partial charge >= 0.3 is 11.7 Å². The maximum atomic E-state index is 12.6. The van der Waals surface area contributed by atoms with E-state index in [1.165, 1.54) is 6.42 Å². The molecule has 1 amide bonds. The average Bonchev–Trinajstić information content (AvgIpc) is 2.96. The van der Waals surface area contributed by atoms with Gasteiger partial charge in [-0.1, -0.05) is 48.5 Å². The largest absolute Gasteiger partial charge is 0.377 e. The minimum absolute atomic E-state index is 0.118. The lowest BCUT2D eigenvalue weighted by Crippen LogP contribution is -2.44. The van der Waals surface area contributed by atoms with Crippen LogP contribution in [0.15, 0.2) is 23.0 Å². The molecule has 24 heavy (non-hydrogen) atoms. The number of carbonyl (C=O) groups is 1. The number of hydrogen-bond acceptors (Lipinski definition) is 4. The van der Waals surface area contributed by atoms with Crippen LogP contribution < -0.4 is 5.69 Å². The van der Waals surface area contributed by atoms with Gasteiger partial charge in [-0.15, -0.1) is 4.68 Å². The van der Waals surface area contributed by atoms with E-state index in [2.05, 4.69) is 10.4 Å². The monoisotopic (exact) mass is 369 g/mol. The summed E-state index contributed by atoms with van der Waals surface area (Å²) in [6, 6.07) is 4.45. The van der Waals surface area contributed by atoms with Crippen molar-refractivity contribution >= 4 is 29.2 Å². The molecular formula is C15H17Cl2N5O2. The minimum atomic E-state index is -0.697. The third-order valence-electron chi connectivity index (χ3n) is 4.34. The van der Waals surface area contributed by atoms with Gasteiger partial charge in [-0.3, -0.25) is 0 Å². The minimum Gasteiger partial charge on any atom is -0.323 e. The van der Waals surface area contributed by atoms with Crippen molar-refractivity contribution in [3.05, 3.63) is 38.7 Å². The quantitative estimate of drug-likeness (QED) is 0.762. The van der Waals surface area contributed by atoms with Crippen LogP contribution >= 0.6 is 23.2 Å². The van der Waals surface area contributed by atoms with Crippen molar-refractivity contribution in [2.24, 2.45) is 0 Å². The highest BCUT2D eigenvalue weighted by atomic mass is 35.5. The summed E-state index contributed by atoms with van der Waals surface area (Å²) < 4.78 is 1.69. The first-order chi connectivity index (χ1) is 11.5. The Bertz CT molecular complexity index is 790. The second kappa shape index (κ2) is 6.94. The number of carbonyl (C=O) groups excluding carboxylic acids is 1. The van der Waals surface area contributed by atoms with Gasteiger partial charge < -0.3 is 4.90 Å². The number of aromatic nitrogens is 4. The van der Waals surface area contributed by atoms with Crippen molar-refractivity contribution in [3.63, 3.8) is 0 Å². The molecule has 1 fully saturated rings. The van der Waals surface area contributed by atoms with Crippen molar-refractivity contribution < 1.29 is 4.79 Å².